The number of aryl methyl sites for hydroxylation is 2. The van der Waals surface area contributed by atoms with Crippen molar-refractivity contribution in [1.82, 2.24) is 9.78 Å². The molecule has 0 saturated carbocycles. The molecule has 114 valence electrons. The highest BCUT2D eigenvalue weighted by molar-refractivity contribution is 9.10. The second-order valence-electron chi connectivity index (χ2n) is 4.58. The maximum atomic E-state index is 13.4. The van der Waals surface area contributed by atoms with Crippen LogP contribution in [0.1, 0.15) is 25.2 Å². The lowest BCUT2D eigenvalue weighted by Gasteiger charge is -2.10. The Hall–Kier alpha value is -1.56. The number of methoxy groups -OCH3 is 1. The Balaban J connectivity index is 2.18. The zero-order valence-electron chi connectivity index (χ0n) is 12.4. The highest BCUT2D eigenvalue weighted by atomic mass is 79.9. The number of nitrogens with one attached hydrogen (secondary N) is 1. The molecule has 0 radical (unpaired) electrons. The van der Waals surface area contributed by atoms with E-state index in [4.69, 9.17) is 4.74 Å². The van der Waals surface area contributed by atoms with Crippen LogP contribution < -0.4 is 10.1 Å². The van der Waals surface area contributed by atoms with Crippen LogP contribution in [0.4, 0.5) is 10.1 Å². The van der Waals surface area contributed by atoms with Crippen molar-refractivity contribution in [3.05, 3.63) is 39.9 Å². The van der Waals surface area contributed by atoms with Crippen LogP contribution in [0.5, 0.6) is 5.75 Å². The third kappa shape index (κ3) is 3.37. The first-order valence-electron chi connectivity index (χ1n) is 6.92. The zero-order chi connectivity index (χ0) is 15.4. The number of nitrogens with zero attached hydrogens (tertiary/aromatic N) is 2. The summed E-state index contributed by atoms with van der Waals surface area (Å²) >= 11 is 3.61. The van der Waals surface area contributed by atoms with Crippen LogP contribution in [0, 0.1) is 5.82 Å². The van der Waals surface area contributed by atoms with E-state index >= 15 is 0 Å². The molecule has 0 aliphatic carbocycles. The highest BCUT2D eigenvalue weighted by Crippen LogP contribution is 2.25. The summed E-state index contributed by atoms with van der Waals surface area (Å²) in [5, 5.41) is 7.83. The van der Waals surface area contributed by atoms with Gasteiger partial charge in [0, 0.05) is 18.3 Å². The van der Waals surface area contributed by atoms with E-state index in [0.29, 0.717) is 6.54 Å². The van der Waals surface area contributed by atoms with E-state index in [2.05, 4.69) is 40.2 Å². The highest BCUT2D eigenvalue weighted by Gasteiger charge is 2.13. The fourth-order valence-electron chi connectivity index (χ4n) is 2.14. The Morgan fingerprint density at radius 2 is 2.14 bits per heavy atom. The average molecular weight is 356 g/mol. The molecule has 0 bridgehead atoms. The van der Waals surface area contributed by atoms with Gasteiger partial charge in [0.2, 0.25) is 0 Å². The van der Waals surface area contributed by atoms with Gasteiger partial charge in [-0.25, -0.2) is 4.39 Å². The van der Waals surface area contributed by atoms with E-state index in [9.17, 15) is 4.39 Å². The van der Waals surface area contributed by atoms with E-state index in [1.54, 1.807) is 12.1 Å². The van der Waals surface area contributed by atoms with Crippen molar-refractivity contribution in [1.29, 1.82) is 0 Å². The van der Waals surface area contributed by atoms with Gasteiger partial charge in [-0.05, 0) is 41.4 Å². The minimum atomic E-state index is -0.365. The second kappa shape index (κ2) is 6.93. The molecule has 6 heteroatoms. The van der Waals surface area contributed by atoms with E-state index in [1.807, 2.05) is 4.68 Å². The van der Waals surface area contributed by atoms with Gasteiger partial charge in [0.1, 0.15) is 0 Å². The number of hydrogen-bond acceptors (Lipinski definition) is 3. The van der Waals surface area contributed by atoms with E-state index in [0.717, 1.165) is 34.5 Å². The summed E-state index contributed by atoms with van der Waals surface area (Å²) in [6, 6.07) is 4.74. The molecule has 0 spiro atoms. The van der Waals surface area contributed by atoms with E-state index in [1.165, 1.54) is 13.2 Å². The fraction of sp³-hybridized carbons (Fsp3) is 0.400. The normalized spacial score (nSPS) is 10.7. The quantitative estimate of drug-likeness (QED) is 0.851. The molecule has 4 nitrogen and oxygen atoms in total. The third-order valence-corrected chi connectivity index (χ3v) is 4.22. The van der Waals surface area contributed by atoms with E-state index in [-0.39, 0.29) is 11.6 Å². The predicted molar refractivity (Wildman–Crippen MR) is 85.3 cm³/mol. The van der Waals surface area contributed by atoms with Crippen molar-refractivity contribution < 1.29 is 9.13 Å². The van der Waals surface area contributed by atoms with Crippen LogP contribution in [0.15, 0.2) is 22.7 Å². The van der Waals surface area contributed by atoms with Gasteiger partial charge >= 0.3 is 0 Å². The minimum absolute atomic E-state index is 0.234. The Morgan fingerprint density at radius 3 is 2.76 bits per heavy atom. The zero-order valence-corrected chi connectivity index (χ0v) is 14.0. The van der Waals surface area contributed by atoms with Crippen LogP contribution >= 0.6 is 15.9 Å². The Kier molecular flexibility index (Phi) is 5.22. The number of benzene rings is 1. The average Bonchev–Trinajstić information content (AvgIpc) is 2.82. The molecule has 2 rings (SSSR count). The summed E-state index contributed by atoms with van der Waals surface area (Å²) in [4.78, 5) is 0. The topological polar surface area (TPSA) is 39.1 Å². The van der Waals surface area contributed by atoms with Crippen molar-refractivity contribution in [2.75, 3.05) is 12.4 Å². The molecular weight excluding hydrogens is 337 g/mol. The molecule has 0 amide bonds. The van der Waals surface area contributed by atoms with Crippen molar-refractivity contribution in [3.8, 4) is 5.75 Å². The van der Waals surface area contributed by atoms with Crippen LogP contribution in [0.25, 0.3) is 0 Å². The molecule has 2 aromatic rings. The standard InChI is InChI=1S/C15H19BrFN3O/c1-4-12-15(16)13(20(5-2)19-12)9-18-10-6-7-11(17)14(8-10)21-3/h6-8,18H,4-5,9H2,1-3H3. The molecule has 1 aromatic heterocycles. The largest absolute Gasteiger partial charge is 0.494 e. The Morgan fingerprint density at radius 1 is 1.38 bits per heavy atom. The van der Waals surface area contributed by atoms with Gasteiger partial charge < -0.3 is 10.1 Å². The van der Waals surface area contributed by atoms with Gasteiger partial charge in [-0.1, -0.05) is 6.92 Å². The van der Waals surface area contributed by atoms with Crippen molar-refractivity contribution in [2.24, 2.45) is 0 Å². The Labute approximate surface area is 132 Å². The summed E-state index contributed by atoms with van der Waals surface area (Å²) in [6.07, 6.45) is 0.880. The van der Waals surface area contributed by atoms with Gasteiger partial charge in [0.15, 0.2) is 11.6 Å². The van der Waals surface area contributed by atoms with Crippen LogP contribution in [-0.4, -0.2) is 16.9 Å². The van der Waals surface area contributed by atoms with Crippen LogP contribution in [0.2, 0.25) is 0 Å². The monoisotopic (exact) mass is 355 g/mol. The first-order chi connectivity index (χ1) is 10.1. The maximum absolute atomic E-state index is 13.4. The Bertz CT molecular complexity index is 628. The first kappa shape index (κ1) is 15.8. The molecule has 0 aliphatic rings. The molecular formula is C15H19BrFN3O. The van der Waals surface area contributed by atoms with Crippen molar-refractivity contribution in [2.45, 2.75) is 33.4 Å². The van der Waals surface area contributed by atoms with Gasteiger partial charge in [-0.3, -0.25) is 4.68 Å². The smallest absolute Gasteiger partial charge is 0.165 e. The molecule has 1 N–H and O–H groups in total. The van der Waals surface area contributed by atoms with Crippen molar-refractivity contribution in [3.63, 3.8) is 0 Å². The summed E-state index contributed by atoms with van der Waals surface area (Å²) in [5.74, 6) is -0.131. The number of rotatable bonds is 6. The molecule has 0 unspecified atom stereocenters. The molecule has 0 fully saturated rings. The molecule has 1 aromatic carbocycles. The third-order valence-electron chi connectivity index (χ3n) is 3.31. The van der Waals surface area contributed by atoms with Crippen LogP contribution in [-0.2, 0) is 19.5 Å². The number of halogens is 2. The van der Waals surface area contributed by atoms with Gasteiger partial charge in [-0.2, -0.15) is 5.10 Å². The lowest BCUT2D eigenvalue weighted by atomic mass is 10.2. The number of ether oxygens (including phenoxy) is 1. The minimum Gasteiger partial charge on any atom is -0.494 e. The lowest BCUT2D eigenvalue weighted by Crippen LogP contribution is -2.08. The predicted octanol–water partition coefficient (Wildman–Crippen LogP) is 3.99. The SMILES string of the molecule is CCc1nn(CC)c(CNc2ccc(F)c(OC)c2)c1Br. The summed E-state index contributed by atoms with van der Waals surface area (Å²) in [7, 11) is 1.46. The lowest BCUT2D eigenvalue weighted by molar-refractivity contribution is 0.387. The number of aromatic nitrogens is 2. The number of hydrogen-bond donors (Lipinski definition) is 1. The molecule has 0 aliphatic heterocycles. The van der Waals surface area contributed by atoms with Crippen LogP contribution in [0.3, 0.4) is 0 Å². The summed E-state index contributed by atoms with van der Waals surface area (Å²) in [5.41, 5.74) is 2.94. The summed E-state index contributed by atoms with van der Waals surface area (Å²) < 4.78 is 21.4. The summed E-state index contributed by atoms with van der Waals surface area (Å²) in [6.45, 7) is 5.55. The maximum Gasteiger partial charge on any atom is 0.165 e. The first-order valence-corrected chi connectivity index (χ1v) is 7.71. The fourth-order valence-corrected chi connectivity index (χ4v) is 2.85. The molecule has 0 saturated heterocycles. The molecule has 1 heterocycles. The van der Waals surface area contributed by atoms with Crippen molar-refractivity contribution >= 4 is 21.6 Å². The molecule has 0 atom stereocenters. The van der Waals surface area contributed by atoms with Gasteiger partial charge in [0.05, 0.1) is 29.5 Å². The van der Waals surface area contributed by atoms with E-state index < -0.39 is 0 Å². The van der Waals surface area contributed by atoms with Gasteiger partial charge in [-0.15, -0.1) is 0 Å². The second-order valence-corrected chi connectivity index (χ2v) is 5.37. The van der Waals surface area contributed by atoms with Gasteiger partial charge in [0.25, 0.3) is 0 Å². The molecule has 21 heavy (non-hydrogen) atoms. The number of anilines is 1.